The van der Waals surface area contributed by atoms with Gasteiger partial charge in [-0.1, -0.05) is 0 Å². The molecule has 1 aromatic rings. The summed E-state index contributed by atoms with van der Waals surface area (Å²) in [4.78, 5) is 25.0. The van der Waals surface area contributed by atoms with Crippen LogP contribution >= 0.6 is 11.6 Å². The van der Waals surface area contributed by atoms with Crippen LogP contribution in [0.3, 0.4) is 0 Å². The minimum absolute atomic E-state index is 0.00614. The summed E-state index contributed by atoms with van der Waals surface area (Å²) in [6.45, 7) is 7.47. The Balaban J connectivity index is 2.48. The number of aromatic nitrogens is 2. The van der Waals surface area contributed by atoms with E-state index >= 15 is 0 Å². The van der Waals surface area contributed by atoms with Gasteiger partial charge in [0.25, 0.3) is 0 Å². The van der Waals surface area contributed by atoms with Gasteiger partial charge in [0.15, 0.2) is 0 Å². The molecule has 1 N–H and O–H groups in total. The van der Waals surface area contributed by atoms with E-state index in [4.69, 9.17) is 11.6 Å². The van der Waals surface area contributed by atoms with Gasteiger partial charge in [-0.15, -0.1) is 11.6 Å². The van der Waals surface area contributed by atoms with Crippen molar-refractivity contribution in [1.29, 1.82) is 0 Å². The van der Waals surface area contributed by atoms with Crippen molar-refractivity contribution >= 4 is 23.4 Å². The number of amides is 2. The van der Waals surface area contributed by atoms with E-state index in [-0.39, 0.29) is 30.2 Å². The van der Waals surface area contributed by atoms with Gasteiger partial charge in [-0.2, -0.15) is 5.10 Å². The maximum atomic E-state index is 12.2. The van der Waals surface area contributed by atoms with Gasteiger partial charge in [-0.25, -0.2) is 0 Å². The minimum atomic E-state index is -0.226. The Labute approximate surface area is 130 Å². The predicted octanol–water partition coefficient (Wildman–Crippen LogP) is 1.21. The van der Waals surface area contributed by atoms with E-state index in [9.17, 15) is 9.59 Å². The molecule has 0 aliphatic heterocycles. The van der Waals surface area contributed by atoms with E-state index in [0.29, 0.717) is 19.6 Å². The van der Waals surface area contributed by atoms with Crippen LogP contribution in [0, 0.1) is 0 Å². The fourth-order valence-corrected chi connectivity index (χ4v) is 1.96. The predicted molar refractivity (Wildman–Crippen MR) is 82.3 cm³/mol. The molecule has 0 spiro atoms. The lowest BCUT2D eigenvalue weighted by Crippen LogP contribution is -2.39. The first-order chi connectivity index (χ1) is 9.97. The summed E-state index contributed by atoms with van der Waals surface area (Å²) in [7, 11) is 0. The molecule has 0 fully saturated rings. The molecule has 1 rings (SSSR count). The number of nitrogens with one attached hydrogen (secondary N) is 1. The number of carbonyl (C=O) groups excluding carboxylic acids is 2. The molecule has 2 amide bonds. The number of halogens is 1. The van der Waals surface area contributed by atoms with Crippen molar-refractivity contribution < 1.29 is 9.59 Å². The Morgan fingerprint density at radius 2 is 2.19 bits per heavy atom. The number of carbonyl (C=O) groups is 2. The summed E-state index contributed by atoms with van der Waals surface area (Å²) in [5, 5.41) is 7.02. The highest BCUT2D eigenvalue weighted by Gasteiger charge is 2.14. The molecule has 0 aromatic carbocycles. The zero-order valence-electron chi connectivity index (χ0n) is 12.8. The van der Waals surface area contributed by atoms with Crippen LogP contribution in [-0.2, 0) is 16.0 Å². The third-order valence-corrected chi connectivity index (χ3v) is 3.33. The first kappa shape index (κ1) is 17.5. The summed E-state index contributed by atoms with van der Waals surface area (Å²) >= 11 is 5.40. The standard InChI is InChI=1S/C14H23ClN4O2/c1-4-18(8-6-16-13(20)10-15)14(21)9-12-5-7-19(17-12)11(2)3/h5,7,11H,4,6,8-10H2,1-3H3,(H,16,20). The Morgan fingerprint density at radius 3 is 2.71 bits per heavy atom. The largest absolute Gasteiger partial charge is 0.353 e. The lowest BCUT2D eigenvalue weighted by molar-refractivity contribution is -0.130. The Bertz CT molecular complexity index is 473. The van der Waals surface area contributed by atoms with Crippen molar-refractivity contribution in [3.63, 3.8) is 0 Å². The van der Waals surface area contributed by atoms with Crippen molar-refractivity contribution in [1.82, 2.24) is 20.0 Å². The van der Waals surface area contributed by atoms with E-state index in [0.717, 1.165) is 5.69 Å². The highest BCUT2D eigenvalue weighted by Crippen LogP contribution is 2.06. The molecule has 0 aliphatic carbocycles. The monoisotopic (exact) mass is 314 g/mol. The van der Waals surface area contributed by atoms with Crippen molar-refractivity contribution in [3.8, 4) is 0 Å². The number of alkyl halides is 1. The van der Waals surface area contributed by atoms with Crippen LogP contribution in [0.25, 0.3) is 0 Å². The van der Waals surface area contributed by atoms with E-state index in [1.54, 1.807) is 4.90 Å². The summed E-state index contributed by atoms with van der Waals surface area (Å²) in [6.07, 6.45) is 2.15. The number of hydrogen-bond donors (Lipinski definition) is 1. The molecular weight excluding hydrogens is 292 g/mol. The summed E-state index contributed by atoms with van der Waals surface area (Å²) < 4.78 is 1.83. The number of rotatable bonds is 8. The summed E-state index contributed by atoms with van der Waals surface area (Å²) in [5.74, 6) is -0.283. The quantitative estimate of drug-likeness (QED) is 0.733. The molecule has 0 unspecified atom stereocenters. The highest BCUT2D eigenvalue weighted by molar-refractivity contribution is 6.27. The molecular formula is C14H23ClN4O2. The lowest BCUT2D eigenvalue weighted by atomic mass is 10.2. The van der Waals surface area contributed by atoms with Crippen LogP contribution in [-0.4, -0.2) is 52.0 Å². The van der Waals surface area contributed by atoms with Gasteiger partial charge in [0.05, 0.1) is 12.1 Å². The molecule has 0 bridgehead atoms. The summed E-state index contributed by atoms with van der Waals surface area (Å²) in [5.41, 5.74) is 0.761. The van der Waals surface area contributed by atoms with Crippen LogP contribution in [0.5, 0.6) is 0 Å². The molecule has 118 valence electrons. The lowest BCUT2D eigenvalue weighted by Gasteiger charge is -2.20. The normalized spacial score (nSPS) is 10.7. The molecule has 0 aliphatic rings. The molecule has 7 heteroatoms. The molecule has 0 atom stereocenters. The second-order valence-corrected chi connectivity index (χ2v) is 5.28. The van der Waals surface area contributed by atoms with Crippen molar-refractivity contribution in [2.24, 2.45) is 0 Å². The Hall–Kier alpha value is -1.56. The third-order valence-electron chi connectivity index (χ3n) is 3.08. The van der Waals surface area contributed by atoms with E-state index < -0.39 is 0 Å². The number of nitrogens with zero attached hydrogens (tertiary/aromatic N) is 3. The van der Waals surface area contributed by atoms with Gasteiger partial charge in [-0.05, 0) is 26.8 Å². The SMILES string of the molecule is CCN(CCNC(=O)CCl)C(=O)Cc1ccn(C(C)C)n1. The number of likely N-dealkylation sites (N-methyl/N-ethyl adjacent to an activating group) is 1. The average Bonchev–Trinajstić information content (AvgIpc) is 2.91. The molecule has 0 saturated carbocycles. The van der Waals surface area contributed by atoms with E-state index in [2.05, 4.69) is 10.4 Å². The maximum Gasteiger partial charge on any atom is 0.234 e. The molecule has 1 heterocycles. The van der Waals surface area contributed by atoms with Gasteiger partial charge in [0.2, 0.25) is 11.8 Å². The van der Waals surface area contributed by atoms with Crippen molar-refractivity contribution in [2.75, 3.05) is 25.5 Å². The van der Waals surface area contributed by atoms with Crippen LogP contribution in [0.2, 0.25) is 0 Å². The number of hydrogen-bond acceptors (Lipinski definition) is 3. The van der Waals surface area contributed by atoms with Crippen LogP contribution in [0.1, 0.15) is 32.5 Å². The third kappa shape index (κ3) is 5.75. The topological polar surface area (TPSA) is 67.2 Å². The Morgan fingerprint density at radius 1 is 1.48 bits per heavy atom. The second-order valence-electron chi connectivity index (χ2n) is 5.01. The average molecular weight is 315 g/mol. The molecule has 0 saturated heterocycles. The first-order valence-electron chi connectivity index (χ1n) is 7.12. The molecule has 0 radical (unpaired) electrons. The van der Waals surface area contributed by atoms with Crippen molar-refractivity contribution in [3.05, 3.63) is 18.0 Å². The molecule has 21 heavy (non-hydrogen) atoms. The Kier molecular flexibility index (Phi) is 7.22. The fourth-order valence-electron chi connectivity index (χ4n) is 1.86. The zero-order chi connectivity index (χ0) is 15.8. The molecule has 1 aromatic heterocycles. The first-order valence-corrected chi connectivity index (χ1v) is 7.65. The maximum absolute atomic E-state index is 12.2. The smallest absolute Gasteiger partial charge is 0.234 e. The van der Waals surface area contributed by atoms with E-state index in [1.807, 2.05) is 37.7 Å². The van der Waals surface area contributed by atoms with Gasteiger partial charge >= 0.3 is 0 Å². The van der Waals surface area contributed by atoms with Gasteiger partial charge in [-0.3, -0.25) is 14.3 Å². The van der Waals surface area contributed by atoms with Crippen LogP contribution < -0.4 is 5.32 Å². The van der Waals surface area contributed by atoms with Crippen LogP contribution in [0.4, 0.5) is 0 Å². The van der Waals surface area contributed by atoms with Gasteiger partial charge in [0, 0.05) is 31.9 Å². The van der Waals surface area contributed by atoms with E-state index in [1.165, 1.54) is 0 Å². The zero-order valence-corrected chi connectivity index (χ0v) is 13.6. The van der Waals surface area contributed by atoms with Crippen molar-refractivity contribution in [2.45, 2.75) is 33.2 Å². The second kappa shape index (κ2) is 8.67. The van der Waals surface area contributed by atoms with Gasteiger partial charge in [0.1, 0.15) is 5.88 Å². The summed E-state index contributed by atoms with van der Waals surface area (Å²) in [6, 6.07) is 2.14. The fraction of sp³-hybridized carbons (Fsp3) is 0.643. The van der Waals surface area contributed by atoms with Gasteiger partial charge < -0.3 is 10.2 Å². The minimum Gasteiger partial charge on any atom is -0.353 e. The highest BCUT2D eigenvalue weighted by atomic mass is 35.5. The molecule has 6 nitrogen and oxygen atoms in total. The van der Waals surface area contributed by atoms with Crippen LogP contribution in [0.15, 0.2) is 12.3 Å².